The summed E-state index contributed by atoms with van der Waals surface area (Å²) in [7, 11) is 3.16. The average Bonchev–Trinajstić information content (AvgIpc) is 2.88. The first-order valence-electron chi connectivity index (χ1n) is 5.96. The number of methoxy groups -OCH3 is 2. The maximum Gasteiger partial charge on any atom is 0.236 e. The summed E-state index contributed by atoms with van der Waals surface area (Å²) in [6.45, 7) is 0. The molecule has 0 aliphatic rings. The minimum Gasteiger partial charge on any atom is -0.496 e. The Morgan fingerprint density at radius 1 is 1.15 bits per heavy atom. The first kappa shape index (κ1) is 12.3. The Bertz CT molecular complexity index is 745. The highest BCUT2D eigenvalue weighted by atomic mass is 16.5. The maximum atomic E-state index is 5.71. The molecule has 6 nitrogen and oxygen atoms in total. The quantitative estimate of drug-likeness (QED) is 0.788. The van der Waals surface area contributed by atoms with Gasteiger partial charge in [-0.05, 0) is 12.1 Å². The standard InChI is InChI=1S/C14H13N3O3/c1-18-9-4-3-5-10(19-2)12(9)14-17-13-11(20-14)6-8(15)7-16-13/h3-7H,15H2,1-2H3. The van der Waals surface area contributed by atoms with Crippen molar-refractivity contribution >= 4 is 16.9 Å². The van der Waals surface area contributed by atoms with E-state index in [1.807, 2.05) is 18.2 Å². The van der Waals surface area contributed by atoms with Gasteiger partial charge in [-0.15, -0.1) is 0 Å². The van der Waals surface area contributed by atoms with E-state index in [-0.39, 0.29) is 0 Å². The van der Waals surface area contributed by atoms with Crippen LogP contribution in [0.2, 0.25) is 0 Å². The number of nitrogens with two attached hydrogens (primary N) is 1. The van der Waals surface area contributed by atoms with Gasteiger partial charge in [0.05, 0.1) is 26.1 Å². The van der Waals surface area contributed by atoms with Crippen LogP contribution in [0.4, 0.5) is 5.69 Å². The Hall–Kier alpha value is -2.76. The van der Waals surface area contributed by atoms with E-state index in [0.717, 1.165) is 0 Å². The van der Waals surface area contributed by atoms with Crippen LogP contribution in [0.3, 0.4) is 0 Å². The molecule has 102 valence electrons. The first-order valence-corrected chi connectivity index (χ1v) is 5.96. The van der Waals surface area contributed by atoms with Crippen molar-refractivity contribution < 1.29 is 13.9 Å². The molecule has 2 heterocycles. The van der Waals surface area contributed by atoms with E-state index < -0.39 is 0 Å². The van der Waals surface area contributed by atoms with Gasteiger partial charge in [0, 0.05) is 6.07 Å². The Balaban J connectivity index is 2.24. The number of hydrogen-bond acceptors (Lipinski definition) is 6. The summed E-state index contributed by atoms with van der Waals surface area (Å²) in [6.07, 6.45) is 1.54. The predicted molar refractivity (Wildman–Crippen MR) is 74.8 cm³/mol. The highest BCUT2D eigenvalue weighted by molar-refractivity contribution is 5.79. The smallest absolute Gasteiger partial charge is 0.236 e. The van der Waals surface area contributed by atoms with Crippen molar-refractivity contribution in [2.24, 2.45) is 0 Å². The lowest BCUT2D eigenvalue weighted by molar-refractivity contribution is 0.394. The molecule has 1 aromatic carbocycles. The van der Waals surface area contributed by atoms with Crippen LogP contribution in [0.1, 0.15) is 0 Å². The predicted octanol–water partition coefficient (Wildman–Crippen LogP) is 2.49. The number of ether oxygens (including phenoxy) is 2. The summed E-state index contributed by atoms with van der Waals surface area (Å²) < 4.78 is 16.4. The highest BCUT2D eigenvalue weighted by Crippen LogP contribution is 2.38. The Kier molecular flexibility index (Phi) is 2.90. The fourth-order valence-corrected chi connectivity index (χ4v) is 2.00. The third-order valence-corrected chi connectivity index (χ3v) is 2.91. The molecule has 0 saturated carbocycles. The highest BCUT2D eigenvalue weighted by Gasteiger charge is 2.18. The molecule has 0 fully saturated rings. The second-order valence-corrected chi connectivity index (χ2v) is 4.15. The van der Waals surface area contributed by atoms with Crippen LogP contribution in [0.25, 0.3) is 22.7 Å². The lowest BCUT2D eigenvalue weighted by Crippen LogP contribution is -1.92. The molecule has 20 heavy (non-hydrogen) atoms. The molecule has 6 heteroatoms. The van der Waals surface area contributed by atoms with Gasteiger partial charge in [0.15, 0.2) is 11.2 Å². The van der Waals surface area contributed by atoms with Gasteiger partial charge in [-0.1, -0.05) is 6.07 Å². The summed E-state index contributed by atoms with van der Waals surface area (Å²) in [5.74, 6) is 1.61. The van der Waals surface area contributed by atoms with Gasteiger partial charge >= 0.3 is 0 Å². The monoisotopic (exact) mass is 271 g/mol. The minimum atomic E-state index is 0.382. The zero-order chi connectivity index (χ0) is 14.1. The van der Waals surface area contributed by atoms with Crippen molar-refractivity contribution in [3.8, 4) is 23.0 Å². The molecule has 0 atom stereocenters. The molecule has 0 aliphatic heterocycles. The van der Waals surface area contributed by atoms with Gasteiger partial charge in [-0.25, -0.2) is 4.98 Å². The molecular formula is C14H13N3O3. The van der Waals surface area contributed by atoms with E-state index in [1.54, 1.807) is 20.3 Å². The van der Waals surface area contributed by atoms with E-state index in [2.05, 4.69) is 9.97 Å². The second-order valence-electron chi connectivity index (χ2n) is 4.15. The van der Waals surface area contributed by atoms with Gasteiger partial charge in [-0.2, -0.15) is 4.98 Å². The van der Waals surface area contributed by atoms with Gasteiger partial charge in [-0.3, -0.25) is 0 Å². The number of fused-ring (bicyclic) bond motifs is 1. The van der Waals surface area contributed by atoms with E-state index in [0.29, 0.717) is 39.9 Å². The molecule has 2 aromatic heterocycles. The zero-order valence-corrected chi connectivity index (χ0v) is 11.1. The average molecular weight is 271 g/mol. The van der Waals surface area contributed by atoms with E-state index >= 15 is 0 Å². The molecular weight excluding hydrogens is 258 g/mol. The van der Waals surface area contributed by atoms with Crippen LogP contribution in [0, 0.1) is 0 Å². The number of rotatable bonds is 3. The number of pyridine rings is 1. The van der Waals surface area contributed by atoms with Crippen LogP contribution >= 0.6 is 0 Å². The summed E-state index contributed by atoms with van der Waals surface area (Å²) >= 11 is 0. The number of nitrogens with zero attached hydrogens (tertiary/aromatic N) is 2. The first-order chi connectivity index (χ1) is 9.72. The molecule has 0 aliphatic carbocycles. The summed E-state index contributed by atoms with van der Waals surface area (Å²) in [5.41, 5.74) is 7.86. The molecule has 2 N–H and O–H groups in total. The molecule has 3 rings (SSSR count). The third-order valence-electron chi connectivity index (χ3n) is 2.91. The topological polar surface area (TPSA) is 83.4 Å². The number of benzene rings is 1. The van der Waals surface area contributed by atoms with Crippen LogP contribution < -0.4 is 15.2 Å². The van der Waals surface area contributed by atoms with Crippen molar-refractivity contribution in [1.82, 2.24) is 9.97 Å². The van der Waals surface area contributed by atoms with E-state index in [1.165, 1.54) is 6.20 Å². The van der Waals surface area contributed by atoms with Gasteiger partial charge in [0.2, 0.25) is 5.89 Å². The van der Waals surface area contributed by atoms with Crippen molar-refractivity contribution in [3.63, 3.8) is 0 Å². The largest absolute Gasteiger partial charge is 0.496 e. The molecule has 0 radical (unpaired) electrons. The molecule has 0 unspecified atom stereocenters. The lowest BCUT2D eigenvalue weighted by Gasteiger charge is -2.09. The molecule has 0 bridgehead atoms. The van der Waals surface area contributed by atoms with Crippen LogP contribution in [0.5, 0.6) is 11.5 Å². The third kappa shape index (κ3) is 1.91. The number of hydrogen-bond donors (Lipinski definition) is 1. The van der Waals surface area contributed by atoms with E-state index in [9.17, 15) is 0 Å². The summed E-state index contributed by atoms with van der Waals surface area (Å²) in [6, 6.07) is 7.14. The number of nitrogen functional groups attached to an aromatic ring is 1. The van der Waals surface area contributed by atoms with Gasteiger partial charge < -0.3 is 19.6 Å². The molecule has 0 spiro atoms. The van der Waals surface area contributed by atoms with Crippen molar-refractivity contribution in [2.75, 3.05) is 20.0 Å². The fraction of sp³-hybridized carbons (Fsp3) is 0.143. The summed E-state index contributed by atoms with van der Waals surface area (Å²) in [5, 5.41) is 0. The fourth-order valence-electron chi connectivity index (χ4n) is 2.00. The molecule has 0 saturated heterocycles. The normalized spacial score (nSPS) is 10.7. The number of oxazole rings is 1. The number of anilines is 1. The van der Waals surface area contributed by atoms with Crippen LogP contribution in [0.15, 0.2) is 34.9 Å². The Morgan fingerprint density at radius 2 is 1.85 bits per heavy atom. The van der Waals surface area contributed by atoms with E-state index in [4.69, 9.17) is 19.6 Å². The van der Waals surface area contributed by atoms with Gasteiger partial charge in [0.25, 0.3) is 0 Å². The second kappa shape index (κ2) is 4.73. The van der Waals surface area contributed by atoms with Crippen molar-refractivity contribution in [3.05, 3.63) is 30.5 Å². The minimum absolute atomic E-state index is 0.382. The number of aromatic nitrogens is 2. The molecule has 0 amide bonds. The summed E-state index contributed by atoms with van der Waals surface area (Å²) in [4.78, 5) is 8.47. The molecule has 3 aromatic rings. The maximum absolute atomic E-state index is 5.71. The van der Waals surface area contributed by atoms with Gasteiger partial charge in [0.1, 0.15) is 17.1 Å². The van der Waals surface area contributed by atoms with Crippen LogP contribution in [-0.2, 0) is 0 Å². The SMILES string of the molecule is COc1cccc(OC)c1-c1nc2ncc(N)cc2o1. The lowest BCUT2D eigenvalue weighted by atomic mass is 10.1. The van der Waals surface area contributed by atoms with Crippen molar-refractivity contribution in [1.29, 1.82) is 0 Å². The Morgan fingerprint density at radius 3 is 2.50 bits per heavy atom. The zero-order valence-electron chi connectivity index (χ0n) is 11.1. The van der Waals surface area contributed by atoms with Crippen molar-refractivity contribution in [2.45, 2.75) is 0 Å². The Labute approximate surface area is 115 Å². The van der Waals surface area contributed by atoms with Crippen LogP contribution in [-0.4, -0.2) is 24.2 Å².